The zero-order valence-corrected chi connectivity index (χ0v) is 11.4. The normalized spacial score (nSPS) is 11.0. The Morgan fingerprint density at radius 1 is 1.26 bits per heavy atom. The van der Waals surface area contributed by atoms with Gasteiger partial charge < -0.3 is 9.64 Å². The second-order valence-electron chi connectivity index (χ2n) is 4.67. The summed E-state index contributed by atoms with van der Waals surface area (Å²) < 4.78 is 20.4. The van der Waals surface area contributed by atoms with Gasteiger partial charge in [-0.15, -0.1) is 0 Å². The summed E-state index contributed by atoms with van der Waals surface area (Å²) in [6, 6.07) is 6.19. The number of ether oxygens (including phenoxy) is 1. The van der Waals surface area contributed by atoms with Crippen LogP contribution >= 0.6 is 0 Å². The fourth-order valence-electron chi connectivity index (χ4n) is 1.69. The molecule has 1 aromatic carbocycles. The highest BCUT2D eigenvalue weighted by atomic mass is 19.1. The van der Waals surface area contributed by atoms with Crippen LogP contribution < -0.4 is 4.74 Å². The minimum Gasteiger partial charge on any atom is -0.476 e. The fraction of sp³-hybridized carbons (Fsp3) is 0.357. The van der Waals surface area contributed by atoms with E-state index in [0.717, 1.165) is 17.8 Å². The quantitative estimate of drug-likeness (QED) is 0.829. The predicted molar refractivity (Wildman–Crippen MR) is 72.3 cm³/mol. The molecule has 0 spiro atoms. The Hall–Kier alpha value is -1.88. The van der Waals surface area contributed by atoms with Gasteiger partial charge >= 0.3 is 0 Å². The first-order chi connectivity index (χ1) is 9.08. The van der Waals surface area contributed by atoms with Crippen molar-refractivity contribution in [1.29, 1.82) is 0 Å². The van der Waals surface area contributed by atoms with Crippen LogP contribution in [0.15, 0.2) is 30.5 Å². The first-order valence-corrected chi connectivity index (χ1v) is 6.16. The summed E-state index contributed by atoms with van der Waals surface area (Å²) in [4.78, 5) is 2.05. The Morgan fingerprint density at radius 3 is 2.58 bits per heavy atom. The van der Waals surface area contributed by atoms with Gasteiger partial charge in [-0.1, -0.05) is 0 Å². The monoisotopic (exact) mass is 263 g/mol. The van der Waals surface area contributed by atoms with E-state index in [9.17, 15) is 4.39 Å². The highest BCUT2D eigenvalue weighted by Gasteiger charge is 2.10. The summed E-state index contributed by atoms with van der Waals surface area (Å²) in [5, 5.41) is 4.27. The number of aryl methyl sites for hydroxylation is 1. The van der Waals surface area contributed by atoms with Gasteiger partial charge in [-0.25, -0.2) is 9.07 Å². The molecule has 0 saturated carbocycles. The number of nitrogens with zero attached hydrogens (tertiary/aromatic N) is 3. The molecule has 1 aromatic heterocycles. The SMILES string of the molecule is Cc1cnn(-c2ccc(F)cc2)c1OCCN(C)C. The van der Waals surface area contributed by atoms with Crippen LogP contribution in [0.5, 0.6) is 5.88 Å². The van der Waals surface area contributed by atoms with Crippen LogP contribution in [0, 0.1) is 12.7 Å². The molecule has 1 heterocycles. The number of likely N-dealkylation sites (N-methyl/N-ethyl adjacent to an activating group) is 1. The van der Waals surface area contributed by atoms with E-state index in [2.05, 4.69) is 5.10 Å². The lowest BCUT2D eigenvalue weighted by Gasteiger charge is -2.13. The minimum absolute atomic E-state index is 0.261. The molecular weight excluding hydrogens is 245 g/mol. The number of halogens is 1. The Balaban J connectivity index is 2.19. The van der Waals surface area contributed by atoms with Crippen molar-refractivity contribution in [1.82, 2.24) is 14.7 Å². The van der Waals surface area contributed by atoms with Crippen molar-refractivity contribution in [3.63, 3.8) is 0 Å². The van der Waals surface area contributed by atoms with Crippen LogP contribution in [-0.2, 0) is 0 Å². The van der Waals surface area contributed by atoms with E-state index >= 15 is 0 Å². The third-order valence-electron chi connectivity index (χ3n) is 2.75. The molecule has 0 aliphatic heterocycles. The number of benzene rings is 1. The first kappa shape index (κ1) is 13.5. The van der Waals surface area contributed by atoms with Crippen LogP contribution in [0.3, 0.4) is 0 Å². The van der Waals surface area contributed by atoms with Crippen molar-refractivity contribution in [2.24, 2.45) is 0 Å². The fourth-order valence-corrected chi connectivity index (χ4v) is 1.69. The molecule has 2 rings (SSSR count). The largest absolute Gasteiger partial charge is 0.476 e. The third kappa shape index (κ3) is 3.32. The molecule has 0 saturated heterocycles. The molecular formula is C14H18FN3O. The van der Waals surface area contributed by atoms with Gasteiger partial charge in [0.2, 0.25) is 5.88 Å². The maximum Gasteiger partial charge on any atom is 0.219 e. The average Bonchev–Trinajstić information content (AvgIpc) is 2.72. The van der Waals surface area contributed by atoms with Crippen LogP contribution in [-0.4, -0.2) is 41.9 Å². The molecule has 4 nitrogen and oxygen atoms in total. The van der Waals surface area contributed by atoms with Gasteiger partial charge in [0.25, 0.3) is 0 Å². The van der Waals surface area contributed by atoms with E-state index in [1.165, 1.54) is 12.1 Å². The molecule has 0 fully saturated rings. The smallest absolute Gasteiger partial charge is 0.219 e. The van der Waals surface area contributed by atoms with E-state index in [4.69, 9.17) is 4.74 Å². The van der Waals surface area contributed by atoms with Gasteiger partial charge in [-0.3, -0.25) is 0 Å². The van der Waals surface area contributed by atoms with Crippen LogP contribution in [0.2, 0.25) is 0 Å². The number of hydrogen-bond acceptors (Lipinski definition) is 3. The van der Waals surface area contributed by atoms with Gasteiger partial charge in [-0.05, 0) is 45.3 Å². The van der Waals surface area contributed by atoms with Gasteiger partial charge in [0, 0.05) is 12.1 Å². The van der Waals surface area contributed by atoms with E-state index < -0.39 is 0 Å². The lowest BCUT2D eigenvalue weighted by atomic mass is 10.3. The van der Waals surface area contributed by atoms with E-state index in [1.807, 2.05) is 25.9 Å². The number of rotatable bonds is 5. The lowest BCUT2D eigenvalue weighted by molar-refractivity contribution is 0.247. The van der Waals surface area contributed by atoms with Gasteiger partial charge in [0.1, 0.15) is 12.4 Å². The molecule has 5 heteroatoms. The summed E-state index contributed by atoms with van der Waals surface area (Å²) in [6.07, 6.45) is 1.74. The van der Waals surface area contributed by atoms with Gasteiger partial charge in [-0.2, -0.15) is 5.10 Å². The summed E-state index contributed by atoms with van der Waals surface area (Å²) >= 11 is 0. The van der Waals surface area contributed by atoms with E-state index in [-0.39, 0.29) is 5.82 Å². The Kier molecular flexibility index (Phi) is 4.16. The first-order valence-electron chi connectivity index (χ1n) is 6.16. The minimum atomic E-state index is -0.261. The third-order valence-corrected chi connectivity index (χ3v) is 2.75. The zero-order valence-electron chi connectivity index (χ0n) is 11.4. The summed E-state index contributed by atoms with van der Waals surface area (Å²) in [6.45, 7) is 3.35. The average molecular weight is 263 g/mol. The molecule has 2 aromatic rings. The van der Waals surface area contributed by atoms with Crippen LogP contribution in [0.4, 0.5) is 4.39 Å². The molecule has 0 radical (unpaired) electrons. The number of hydrogen-bond donors (Lipinski definition) is 0. The highest BCUT2D eigenvalue weighted by Crippen LogP contribution is 2.21. The number of aromatic nitrogens is 2. The van der Waals surface area contributed by atoms with Crippen LogP contribution in [0.1, 0.15) is 5.56 Å². The van der Waals surface area contributed by atoms with Crippen LogP contribution in [0.25, 0.3) is 5.69 Å². The molecule has 0 atom stereocenters. The maximum atomic E-state index is 12.9. The molecule has 0 unspecified atom stereocenters. The van der Waals surface area contributed by atoms with Crippen molar-refractivity contribution in [3.8, 4) is 11.6 Å². The van der Waals surface area contributed by atoms with Crippen molar-refractivity contribution in [2.75, 3.05) is 27.2 Å². The molecule has 0 aliphatic rings. The van der Waals surface area contributed by atoms with Crippen molar-refractivity contribution < 1.29 is 9.13 Å². The Morgan fingerprint density at radius 2 is 1.95 bits per heavy atom. The standard InChI is InChI=1S/C14H18FN3O/c1-11-10-16-18(13-6-4-12(15)5-7-13)14(11)19-9-8-17(2)3/h4-7,10H,8-9H2,1-3H3. The Labute approximate surface area is 112 Å². The van der Waals surface area contributed by atoms with E-state index in [1.54, 1.807) is 23.0 Å². The van der Waals surface area contributed by atoms with Crippen molar-refractivity contribution in [2.45, 2.75) is 6.92 Å². The molecule has 19 heavy (non-hydrogen) atoms. The predicted octanol–water partition coefficient (Wildman–Crippen LogP) is 2.26. The van der Waals surface area contributed by atoms with Gasteiger partial charge in [0.05, 0.1) is 11.9 Å². The molecule has 0 aliphatic carbocycles. The molecule has 102 valence electrons. The maximum absolute atomic E-state index is 12.9. The Bertz CT molecular complexity index is 534. The molecule has 0 amide bonds. The van der Waals surface area contributed by atoms with E-state index in [0.29, 0.717) is 12.5 Å². The van der Waals surface area contributed by atoms with Crippen molar-refractivity contribution in [3.05, 3.63) is 41.8 Å². The zero-order chi connectivity index (χ0) is 13.8. The summed E-state index contributed by atoms with van der Waals surface area (Å²) in [7, 11) is 3.99. The molecule has 0 N–H and O–H groups in total. The summed E-state index contributed by atoms with van der Waals surface area (Å²) in [5.74, 6) is 0.441. The van der Waals surface area contributed by atoms with Crippen molar-refractivity contribution >= 4 is 0 Å². The lowest BCUT2D eigenvalue weighted by Crippen LogP contribution is -2.20. The topological polar surface area (TPSA) is 30.3 Å². The van der Waals surface area contributed by atoms with Gasteiger partial charge in [0.15, 0.2) is 0 Å². The second-order valence-corrected chi connectivity index (χ2v) is 4.67. The summed E-state index contributed by atoms with van der Waals surface area (Å²) in [5.41, 5.74) is 1.75. The highest BCUT2D eigenvalue weighted by molar-refractivity contribution is 5.37. The second kappa shape index (κ2) is 5.84. The molecule has 0 bridgehead atoms.